The van der Waals surface area contributed by atoms with E-state index in [0.29, 0.717) is 0 Å². The second kappa shape index (κ2) is 13.6. The zero-order valence-electron chi connectivity index (χ0n) is 15.7. The lowest BCUT2D eigenvalue weighted by Crippen LogP contribution is -2.15. The first-order valence-corrected chi connectivity index (χ1v) is 11.0. The smallest absolute Gasteiger partial charge is 0.107 e. The summed E-state index contributed by atoms with van der Waals surface area (Å²) in [5.74, 6) is 0.731. The zero-order valence-corrected chi connectivity index (χ0v) is 16.6. The Morgan fingerprint density at radius 2 is 1.22 bits per heavy atom. The summed E-state index contributed by atoms with van der Waals surface area (Å²) in [7, 11) is 0. The van der Waals surface area contributed by atoms with Crippen LogP contribution in [0.1, 0.15) is 122 Å². The normalized spacial score (nSPS) is 24.4. The monoisotopic (exact) mass is 342 g/mol. The Kier molecular flexibility index (Phi) is 12.6. The van der Waals surface area contributed by atoms with Crippen molar-refractivity contribution >= 4 is 12.6 Å². The van der Waals surface area contributed by atoms with Gasteiger partial charge in [-0.3, -0.25) is 0 Å². The molecule has 0 aromatic rings. The van der Waals surface area contributed by atoms with Gasteiger partial charge in [0.1, 0.15) is 4.93 Å². The first kappa shape index (κ1) is 21.4. The molecule has 0 saturated heterocycles. The lowest BCUT2D eigenvalue weighted by atomic mass is 9.98. The van der Waals surface area contributed by atoms with Crippen LogP contribution < -0.4 is 0 Å². The van der Waals surface area contributed by atoms with Gasteiger partial charge in [0.25, 0.3) is 0 Å². The van der Waals surface area contributed by atoms with Crippen molar-refractivity contribution < 1.29 is 5.11 Å². The topological polar surface area (TPSA) is 20.2 Å². The van der Waals surface area contributed by atoms with Crippen LogP contribution in [0.5, 0.6) is 0 Å². The van der Waals surface area contributed by atoms with E-state index in [4.69, 9.17) is 0 Å². The van der Waals surface area contributed by atoms with E-state index < -0.39 is 4.93 Å². The highest BCUT2D eigenvalue weighted by molar-refractivity contribution is 7.81. The van der Waals surface area contributed by atoms with Crippen LogP contribution in [0.15, 0.2) is 0 Å². The van der Waals surface area contributed by atoms with Gasteiger partial charge in [0.05, 0.1) is 0 Å². The molecule has 2 unspecified atom stereocenters. The third-order valence-corrected chi connectivity index (χ3v) is 5.94. The Balaban J connectivity index is 1.72. The molecule has 2 heteroatoms. The van der Waals surface area contributed by atoms with Gasteiger partial charge in [-0.25, -0.2) is 0 Å². The molecule has 1 aliphatic rings. The van der Waals surface area contributed by atoms with E-state index in [-0.39, 0.29) is 0 Å². The van der Waals surface area contributed by atoms with Crippen molar-refractivity contribution in [3.8, 4) is 0 Å². The van der Waals surface area contributed by atoms with Crippen LogP contribution in [-0.2, 0) is 0 Å². The predicted octanol–water partition coefficient (Wildman–Crippen LogP) is 7.28. The molecule has 1 rings (SSSR count). The SMILES string of the molecule is CCCCCCCCCCCCCCCCC1CCC(O)(S)C1. The summed E-state index contributed by atoms with van der Waals surface area (Å²) in [5, 5.41) is 9.84. The van der Waals surface area contributed by atoms with Crippen molar-refractivity contribution in [3.05, 3.63) is 0 Å². The van der Waals surface area contributed by atoms with E-state index in [2.05, 4.69) is 19.6 Å². The minimum absolute atomic E-state index is 0.652. The average molecular weight is 343 g/mol. The van der Waals surface area contributed by atoms with Gasteiger partial charge in [0.15, 0.2) is 0 Å². The van der Waals surface area contributed by atoms with E-state index in [1.165, 1.54) is 103 Å². The number of hydrogen-bond acceptors (Lipinski definition) is 2. The highest BCUT2D eigenvalue weighted by Crippen LogP contribution is 2.39. The fraction of sp³-hybridized carbons (Fsp3) is 1.00. The maximum absolute atomic E-state index is 9.84. The average Bonchev–Trinajstić information content (AvgIpc) is 2.87. The minimum atomic E-state index is -0.652. The fourth-order valence-electron chi connectivity index (χ4n) is 3.98. The maximum atomic E-state index is 9.84. The van der Waals surface area contributed by atoms with Crippen molar-refractivity contribution in [1.29, 1.82) is 0 Å². The third kappa shape index (κ3) is 12.3. The third-order valence-electron chi connectivity index (χ3n) is 5.53. The molecule has 1 saturated carbocycles. The number of unbranched alkanes of at least 4 members (excludes halogenated alkanes) is 13. The van der Waals surface area contributed by atoms with Gasteiger partial charge < -0.3 is 5.11 Å². The van der Waals surface area contributed by atoms with E-state index in [1.807, 2.05) is 0 Å². The van der Waals surface area contributed by atoms with E-state index in [1.54, 1.807) is 0 Å². The van der Waals surface area contributed by atoms with Gasteiger partial charge in [-0.05, 0) is 25.2 Å². The van der Waals surface area contributed by atoms with Crippen LogP contribution in [0.3, 0.4) is 0 Å². The van der Waals surface area contributed by atoms with E-state index in [0.717, 1.165) is 18.8 Å². The summed E-state index contributed by atoms with van der Waals surface area (Å²) < 4.78 is 0. The van der Waals surface area contributed by atoms with Crippen LogP contribution in [0.4, 0.5) is 0 Å². The molecule has 1 nitrogen and oxygen atoms in total. The number of hydrogen-bond donors (Lipinski definition) is 2. The van der Waals surface area contributed by atoms with Crippen molar-refractivity contribution in [1.82, 2.24) is 0 Å². The van der Waals surface area contributed by atoms with E-state index in [9.17, 15) is 5.11 Å². The molecule has 23 heavy (non-hydrogen) atoms. The summed E-state index contributed by atoms with van der Waals surface area (Å²) in [6.07, 6.45) is 24.3. The van der Waals surface area contributed by atoms with Crippen molar-refractivity contribution in [2.45, 2.75) is 127 Å². The highest BCUT2D eigenvalue weighted by atomic mass is 32.1. The van der Waals surface area contributed by atoms with Gasteiger partial charge in [-0.15, -0.1) is 12.6 Å². The Labute approximate surface area is 151 Å². The Morgan fingerprint density at radius 1 is 0.783 bits per heavy atom. The van der Waals surface area contributed by atoms with Gasteiger partial charge in [-0.2, -0.15) is 0 Å². The first-order valence-electron chi connectivity index (χ1n) is 10.6. The summed E-state index contributed by atoms with van der Waals surface area (Å²) in [4.78, 5) is -0.652. The molecule has 0 spiro atoms. The molecule has 0 aliphatic heterocycles. The zero-order chi connectivity index (χ0) is 16.8. The number of aliphatic hydroxyl groups is 1. The standard InChI is InChI=1S/C21H42OS/c1-2-3-4-5-6-7-8-9-10-11-12-13-14-15-16-20-17-18-21(22,23)19-20/h20,22-23H,2-19H2,1H3. The van der Waals surface area contributed by atoms with Gasteiger partial charge in [-0.1, -0.05) is 103 Å². The second-order valence-corrected chi connectivity index (χ2v) is 8.81. The molecular weight excluding hydrogens is 300 g/mol. The lowest BCUT2D eigenvalue weighted by molar-refractivity contribution is 0.142. The summed E-state index contributed by atoms with van der Waals surface area (Å²) in [5.41, 5.74) is 0. The molecule has 0 aromatic carbocycles. The lowest BCUT2D eigenvalue weighted by Gasteiger charge is -2.14. The molecule has 0 amide bonds. The fourth-order valence-corrected chi connectivity index (χ4v) is 4.36. The molecule has 138 valence electrons. The van der Waals surface area contributed by atoms with E-state index >= 15 is 0 Å². The quantitative estimate of drug-likeness (QED) is 0.182. The molecule has 1 fully saturated rings. The van der Waals surface area contributed by atoms with Crippen molar-refractivity contribution in [2.24, 2.45) is 5.92 Å². The van der Waals surface area contributed by atoms with Gasteiger partial charge in [0, 0.05) is 0 Å². The molecule has 0 aromatic heterocycles. The maximum Gasteiger partial charge on any atom is 0.107 e. The largest absolute Gasteiger partial charge is 0.380 e. The molecule has 0 bridgehead atoms. The van der Waals surface area contributed by atoms with Gasteiger partial charge in [0.2, 0.25) is 0 Å². The van der Waals surface area contributed by atoms with Crippen LogP contribution in [0, 0.1) is 5.92 Å². The van der Waals surface area contributed by atoms with Crippen LogP contribution in [0.2, 0.25) is 0 Å². The Morgan fingerprint density at radius 3 is 1.61 bits per heavy atom. The molecule has 0 heterocycles. The molecule has 0 radical (unpaired) electrons. The Hall–Kier alpha value is 0.310. The van der Waals surface area contributed by atoms with Crippen LogP contribution in [-0.4, -0.2) is 10.0 Å². The molecule has 1 aliphatic carbocycles. The summed E-state index contributed by atoms with van der Waals surface area (Å²) in [6, 6.07) is 0. The molecular formula is C21H42OS. The number of rotatable bonds is 15. The minimum Gasteiger partial charge on any atom is -0.380 e. The van der Waals surface area contributed by atoms with Crippen molar-refractivity contribution in [2.75, 3.05) is 0 Å². The number of thiol groups is 1. The Bertz CT molecular complexity index is 265. The summed E-state index contributed by atoms with van der Waals surface area (Å²) >= 11 is 4.31. The van der Waals surface area contributed by atoms with Crippen LogP contribution >= 0.6 is 12.6 Å². The van der Waals surface area contributed by atoms with Crippen LogP contribution in [0.25, 0.3) is 0 Å². The first-order chi connectivity index (χ1) is 11.1. The highest BCUT2D eigenvalue weighted by Gasteiger charge is 2.33. The molecule has 1 N–H and O–H groups in total. The molecule has 2 atom stereocenters. The predicted molar refractivity (Wildman–Crippen MR) is 106 cm³/mol. The van der Waals surface area contributed by atoms with Crippen molar-refractivity contribution in [3.63, 3.8) is 0 Å². The van der Waals surface area contributed by atoms with Gasteiger partial charge >= 0.3 is 0 Å². The second-order valence-electron chi connectivity index (χ2n) is 7.98. The summed E-state index contributed by atoms with van der Waals surface area (Å²) in [6.45, 7) is 2.29.